The van der Waals surface area contributed by atoms with Crippen molar-refractivity contribution in [2.24, 2.45) is 5.92 Å². The number of anilines is 1. The molecule has 0 aliphatic heterocycles. The van der Waals surface area contributed by atoms with E-state index in [1.54, 1.807) is 6.92 Å². The van der Waals surface area contributed by atoms with Gasteiger partial charge in [-0.25, -0.2) is 12.8 Å². The van der Waals surface area contributed by atoms with Gasteiger partial charge in [-0.3, -0.25) is 13.9 Å². The fraction of sp³-hybridized carbons (Fsp3) is 0.391. The van der Waals surface area contributed by atoms with Crippen molar-refractivity contribution in [1.29, 1.82) is 0 Å². The molecule has 0 saturated heterocycles. The normalized spacial score (nSPS) is 12.3. The lowest BCUT2D eigenvalue weighted by molar-refractivity contribution is -0.139. The standard InChI is InChI=1S/C23H29BrFN3O4S/c1-16(2)13-26-23(30)17(3)27(14-18-8-10-19(24)11-9-18)22(29)15-28(33(4,31)32)21-7-5-6-20(25)12-21/h5-12,16-17H,13-15H2,1-4H3,(H,26,30)/t17-/m1/s1. The van der Waals surface area contributed by atoms with Crippen molar-refractivity contribution in [2.45, 2.75) is 33.4 Å². The minimum absolute atomic E-state index is 0.0337. The predicted molar refractivity (Wildman–Crippen MR) is 131 cm³/mol. The number of nitrogens with zero attached hydrogens (tertiary/aromatic N) is 2. The summed E-state index contributed by atoms with van der Waals surface area (Å²) in [5, 5.41) is 2.81. The first-order chi connectivity index (χ1) is 15.4. The lowest BCUT2D eigenvalue weighted by atomic mass is 10.1. The minimum atomic E-state index is -3.90. The molecule has 0 aliphatic carbocycles. The highest BCUT2D eigenvalue weighted by Gasteiger charge is 2.30. The van der Waals surface area contributed by atoms with E-state index in [1.807, 2.05) is 38.1 Å². The molecule has 180 valence electrons. The molecule has 0 unspecified atom stereocenters. The average molecular weight is 542 g/mol. The van der Waals surface area contributed by atoms with Crippen LogP contribution in [0, 0.1) is 11.7 Å². The van der Waals surface area contributed by atoms with Crippen molar-refractivity contribution in [3.63, 3.8) is 0 Å². The van der Waals surface area contributed by atoms with Gasteiger partial charge in [-0.15, -0.1) is 0 Å². The predicted octanol–water partition coefficient (Wildman–Crippen LogP) is 3.54. The molecule has 10 heteroatoms. The Morgan fingerprint density at radius 2 is 1.73 bits per heavy atom. The maximum absolute atomic E-state index is 13.7. The smallest absolute Gasteiger partial charge is 0.244 e. The Labute approximate surface area is 203 Å². The van der Waals surface area contributed by atoms with Crippen molar-refractivity contribution < 1.29 is 22.4 Å². The molecule has 0 aromatic heterocycles. The van der Waals surface area contributed by atoms with Crippen LogP contribution in [0.5, 0.6) is 0 Å². The first-order valence-corrected chi connectivity index (χ1v) is 13.1. The van der Waals surface area contributed by atoms with Gasteiger partial charge in [-0.1, -0.05) is 48.0 Å². The van der Waals surface area contributed by atoms with E-state index < -0.39 is 34.3 Å². The van der Waals surface area contributed by atoms with E-state index in [1.165, 1.54) is 23.1 Å². The Morgan fingerprint density at radius 3 is 2.27 bits per heavy atom. The van der Waals surface area contributed by atoms with Gasteiger partial charge in [-0.05, 0) is 48.7 Å². The molecule has 0 saturated carbocycles. The van der Waals surface area contributed by atoms with E-state index in [2.05, 4.69) is 21.2 Å². The summed E-state index contributed by atoms with van der Waals surface area (Å²) < 4.78 is 40.3. The topological polar surface area (TPSA) is 86.8 Å². The molecule has 2 aromatic rings. The monoisotopic (exact) mass is 541 g/mol. The van der Waals surface area contributed by atoms with Crippen molar-refractivity contribution in [2.75, 3.05) is 23.7 Å². The number of rotatable bonds is 10. The fourth-order valence-electron chi connectivity index (χ4n) is 3.07. The number of benzene rings is 2. The SMILES string of the molecule is CC(C)CNC(=O)[C@@H](C)N(Cc1ccc(Br)cc1)C(=O)CN(c1cccc(F)c1)S(C)(=O)=O. The van der Waals surface area contributed by atoms with Crippen molar-refractivity contribution >= 4 is 43.5 Å². The quantitative estimate of drug-likeness (QED) is 0.498. The van der Waals surface area contributed by atoms with Crippen LogP contribution >= 0.6 is 15.9 Å². The molecule has 2 rings (SSSR count). The van der Waals surface area contributed by atoms with Crippen LogP contribution in [-0.4, -0.2) is 50.5 Å². The van der Waals surface area contributed by atoms with Crippen molar-refractivity contribution in [3.8, 4) is 0 Å². The summed E-state index contributed by atoms with van der Waals surface area (Å²) in [5.74, 6) is -1.32. The van der Waals surface area contributed by atoms with Gasteiger partial charge < -0.3 is 10.2 Å². The third kappa shape index (κ3) is 8.12. The molecule has 1 N–H and O–H groups in total. The maximum atomic E-state index is 13.7. The van der Waals surface area contributed by atoms with Gasteiger partial charge in [0.25, 0.3) is 0 Å². The Balaban J connectivity index is 2.35. The number of sulfonamides is 1. The molecule has 0 heterocycles. The molecule has 33 heavy (non-hydrogen) atoms. The Kier molecular flexibility index (Phi) is 9.42. The number of halogens is 2. The summed E-state index contributed by atoms with van der Waals surface area (Å²) in [6, 6.07) is 11.4. The van der Waals surface area contributed by atoms with Crippen LogP contribution in [0.3, 0.4) is 0 Å². The van der Waals surface area contributed by atoms with Crippen LogP contribution in [0.1, 0.15) is 26.3 Å². The third-order valence-electron chi connectivity index (χ3n) is 4.89. The number of nitrogens with one attached hydrogen (secondary N) is 1. The van der Waals surface area contributed by atoms with Crippen LogP contribution in [-0.2, 0) is 26.2 Å². The van der Waals surface area contributed by atoms with E-state index in [4.69, 9.17) is 0 Å². The third-order valence-corrected chi connectivity index (χ3v) is 6.56. The van der Waals surface area contributed by atoms with Crippen LogP contribution in [0.4, 0.5) is 10.1 Å². The molecule has 7 nitrogen and oxygen atoms in total. The van der Waals surface area contributed by atoms with Crippen molar-refractivity contribution in [3.05, 3.63) is 64.4 Å². The zero-order chi connectivity index (χ0) is 24.8. The van der Waals surface area contributed by atoms with Crippen LogP contribution < -0.4 is 9.62 Å². The number of hydrogen-bond acceptors (Lipinski definition) is 4. The highest BCUT2D eigenvalue weighted by atomic mass is 79.9. The minimum Gasteiger partial charge on any atom is -0.354 e. The fourth-order valence-corrected chi connectivity index (χ4v) is 4.17. The summed E-state index contributed by atoms with van der Waals surface area (Å²) in [5.41, 5.74) is 0.804. The van der Waals surface area contributed by atoms with Gasteiger partial charge in [-0.2, -0.15) is 0 Å². The van der Waals surface area contributed by atoms with Crippen LogP contribution in [0.2, 0.25) is 0 Å². The van der Waals surface area contributed by atoms with Gasteiger partial charge in [0, 0.05) is 17.6 Å². The first-order valence-electron chi connectivity index (χ1n) is 10.4. The molecule has 0 fully saturated rings. The lowest BCUT2D eigenvalue weighted by Gasteiger charge is -2.31. The van der Waals surface area contributed by atoms with Crippen LogP contribution in [0.15, 0.2) is 53.0 Å². The number of amides is 2. The maximum Gasteiger partial charge on any atom is 0.244 e. The van der Waals surface area contributed by atoms with E-state index in [-0.39, 0.29) is 24.1 Å². The lowest BCUT2D eigenvalue weighted by Crippen LogP contribution is -2.51. The van der Waals surface area contributed by atoms with Gasteiger partial charge in [0.2, 0.25) is 21.8 Å². The Morgan fingerprint density at radius 1 is 1.09 bits per heavy atom. The van der Waals surface area contributed by atoms with E-state index in [0.717, 1.165) is 26.7 Å². The Bertz CT molecular complexity index is 1080. The molecule has 2 aromatic carbocycles. The summed E-state index contributed by atoms with van der Waals surface area (Å²) >= 11 is 3.36. The van der Waals surface area contributed by atoms with E-state index in [0.29, 0.717) is 6.54 Å². The summed E-state index contributed by atoms with van der Waals surface area (Å²) in [6.07, 6.45) is 0.947. The molecule has 0 bridgehead atoms. The molecule has 1 atom stereocenters. The zero-order valence-corrected chi connectivity index (χ0v) is 21.5. The van der Waals surface area contributed by atoms with Crippen LogP contribution in [0.25, 0.3) is 0 Å². The number of hydrogen-bond donors (Lipinski definition) is 1. The average Bonchev–Trinajstić information content (AvgIpc) is 2.73. The largest absolute Gasteiger partial charge is 0.354 e. The summed E-state index contributed by atoms with van der Waals surface area (Å²) in [4.78, 5) is 27.4. The van der Waals surface area contributed by atoms with Gasteiger partial charge in [0.05, 0.1) is 11.9 Å². The second-order valence-corrected chi connectivity index (χ2v) is 11.0. The van der Waals surface area contributed by atoms with Gasteiger partial charge in [0.1, 0.15) is 18.4 Å². The second kappa shape index (κ2) is 11.6. The molecule has 0 radical (unpaired) electrons. The highest BCUT2D eigenvalue weighted by molar-refractivity contribution is 9.10. The highest BCUT2D eigenvalue weighted by Crippen LogP contribution is 2.20. The summed E-state index contributed by atoms with van der Waals surface area (Å²) in [7, 11) is -3.90. The second-order valence-electron chi connectivity index (χ2n) is 8.21. The molecule has 0 spiro atoms. The zero-order valence-electron chi connectivity index (χ0n) is 19.1. The molecule has 0 aliphatic rings. The van der Waals surface area contributed by atoms with E-state index >= 15 is 0 Å². The first kappa shape index (κ1) is 26.8. The molecular formula is C23H29BrFN3O4S. The van der Waals surface area contributed by atoms with Crippen molar-refractivity contribution in [1.82, 2.24) is 10.2 Å². The van der Waals surface area contributed by atoms with Gasteiger partial charge in [0.15, 0.2) is 0 Å². The molecular weight excluding hydrogens is 513 g/mol. The van der Waals surface area contributed by atoms with Gasteiger partial charge >= 0.3 is 0 Å². The Hall–Kier alpha value is -2.46. The molecule has 2 amide bonds. The number of carbonyl (C=O) groups excluding carboxylic acids is 2. The van der Waals surface area contributed by atoms with E-state index in [9.17, 15) is 22.4 Å². The number of carbonyl (C=O) groups is 2. The summed E-state index contributed by atoms with van der Waals surface area (Å²) in [6.45, 7) is 5.49.